The van der Waals surface area contributed by atoms with Crippen molar-refractivity contribution in [3.05, 3.63) is 59.4 Å². The third kappa shape index (κ3) is 4.66. The van der Waals surface area contributed by atoms with E-state index in [0.717, 1.165) is 37.4 Å². The van der Waals surface area contributed by atoms with Gasteiger partial charge < -0.3 is 15.1 Å². The van der Waals surface area contributed by atoms with Gasteiger partial charge in [-0.3, -0.25) is 4.79 Å². The minimum absolute atomic E-state index is 0.0422. The molecule has 1 heterocycles. The molecule has 0 unspecified atom stereocenters. The van der Waals surface area contributed by atoms with Crippen LogP contribution in [0.25, 0.3) is 0 Å². The minimum atomic E-state index is -0.181. The predicted octanol–water partition coefficient (Wildman–Crippen LogP) is 2.60. The van der Waals surface area contributed by atoms with Crippen LogP contribution in [0.1, 0.15) is 30.9 Å². The Morgan fingerprint density at radius 1 is 1.15 bits per heavy atom. The van der Waals surface area contributed by atoms with E-state index in [0.29, 0.717) is 18.2 Å². The highest BCUT2D eigenvalue weighted by Crippen LogP contribution is 2.27. The van der Waals surface area contributed by atoms with E-state index < -0.39 is 0 Å². The van der Waals surface area contributed by atoms with Crippen molar-refractivity contribution in [2.75, 3.05) is 42.9 Å². The predicted molar refractivity (Wildman–Crippen MR) is 108 cm³/mol. The molecule has 0 radical (unpaired) electrons. The van der Waals surface area contributed by atoms with Crippen LogP contribution in [0.4, 0.5) is 15.8 Å². The Morgan fingerprint density at radius 2 is 1.85 bits per heavy atom. The first kappa shape index (κ1) is 19.4. The fourth-order valence-corrected chi connectivity index (χ4v) is 3.70. The van der Waals surface area contributed by atoms with E-state index in [4.69, 9.17) is 0 Å². The van der Waals surface area contributed by atoms with Crippen LogP contribution in [-0.2, 0) is 4.79 Å². The van der Waals surface area contributed by atoms with Crippen molar-refractivity contribution >= 4 is 17.3 Å². The molecule has 1 fully saturated rings. The number of halogens is 1. The minimum Gasteiger partial charge on any atom is -0.358 e. The summed E-state index contributed by atoms with van der Waals surface area (Å²) in [4.78, 5) is 15.9. The molecule has 0 saturated carbocycles. The number of nitrogens with zero attached hydrogens (tertiary/aromatic N) is 1. The Morgan fingerprint density at radius 3 is 2.52 bits per heavy atom. The molecule has 0 bridgehead atoms. The molecule has 0 atom stereocenters. The van der Waals surface area contributed by atoms with Crippen molar-refractivity contribution in [1.29, 1.82) is 0 Å². The van der Waals surface area contributed by atoms with E-state index >= 15 is 0 Å². The lowest BCUT2D eigenvalue weighted by Gasteiger charge is -2.33. The highest BCUT2D eigenvalue weighted by molar-refractivity contribution is 5.93. The lowest BCUT2D eigenvalue weighted by molar-refractivity contribution is -0.892. The number of benzene rings is 2. The fourth-order valence-electron chi connectivity index (χ4n) is 3.70. The van der Waals surface area contributed by atoms with Gasteiger partial charge in [0.1, 0.15) is 5.82 Å². The van der Waals surface area contributed by atoms with Gasteiger partial charge in [0.25, 0.3) is 5.91 Å². The van der Waals surface area contributed by atoms with E-state index in [-0.39, 0.29) is 11.7 Å². The second kappa shape index (κ2) is 8.53. The van der Waals surface area contributed by atoms with E-state index in [1.807, 2.05) is 31.2 Å². The average molecular weight is 370 g/mol. The van der Waals surface area contributed by atoms with Crippen LogP contribution < -0.4 is 15.1 Å². The van der Waals surface area contributed by atoms with Crippen LogP contribution in [-0.4, -0.2) is 38.6 Å². The van der Waals surface area contributed by atoms with Crippen LogP contribution in [0, 0.1) is 12.7 Å². The molecular formula is C22H29FN3O+. The molecule has 0 spiro atoms. The Labute approximate surface area is 161 Å². The number of nitrogens with one attached hydrogen (secondary N) is 2. The van der Waals surface area contributed by atoms with Gasteiger partial charge in [-0.25, -0.2) is 4.39 Å². The van der Waals surface area contributed by atoms with Crippen LogP contribution in [0.5, 0.6) is 0 Å². The van der Waals surface area contributed by atoms with Gasteiger partial charge in [-0.1, -0.05) is 44.2 Å². The quantitative estimate of drug-likeness (QED) is 0.849. The molecule has 144 valence electrons. The largest absolute Gasteiger partial charge is 0.358 e. The number of hydrogen-bond acceptors (Lipinski definition) is 2. The number of para-hydroxylation sites is 2. The molecule has 2 aromatic carbocycles. The number of quaternary nitrogens is 1. The molecule has 4 nitrogen and oxygen atoms in total. The summed E-state index contributed by atoms with van der Waals surface area (Å²) in [5, 5.41) is 3.13. The van der Waals surface area contributed by atoms with Crippen LogP contribution in [0.3, 0.4) is 0 Å². The molecule has 1 amide bonds. The molecule has 1 aliphatic heterocycles. The van der Waals surface area contributed by atoms with Crippen molar-refractivity contribution in [3.8, 4) is 0 Å². The molecule has 3 rings (SSSR count). The molecule has 1 saturated heterocycles. The first-order valence-corrected chi connectivity index (χ1v) is 9.68. The van der Waals surface area contributed by atoms with Gasteiger partial charge in [-0.15, -0.1) is 0 Å². The summed E-state index contributed by atoms with van der Waals surface area (Å²) < 4.78 is 14.0. The van der Waals surface area contributed by atoms with Gasteiger partial charge in [0.2, 0.25) is 0 Å². The lowest BCUT2D eigenvalue weighted by atomic mass is 9.98. The topological polar surface area (TPSA) is 36.8 Å². The molecule has 2 N–H and O–H groups in total. The zero-order chi connectivity index (χ0) is 19.4. The number of carbonyl (C=O) groups is 1. The maximum absolute atomic E-state index is 14.0. The van der Waals surface area contributed by atoms with E-state index in [2.05, 4.69) is 30.1 Å². The molecule has 1 aliphatic rings. The zero-order valence-electron chi connectivity index (χ0n) is 16.4. The first-order chi connectivity index (χ1) is 13.0. The van der Waals surface area contributed by atoms with E-state index in [1.165, 1.54) is 16.5 Å². The highest BCUT2D eigenvalue weighted by atomic mass is 19.1. The average Bonchev–Trinajstić information content (AvgIpc) is 2.64. The summed E-state index contributed by atoms with van der Waals surface area (Å²) in [5.74, 6) is 0.219. The summed E-state index contributed by atoms with van der Waals surface area (Å²) in [5.41, 5.74) is 3.86. The van der Waals surface area contributed by atoms with E-state index in [9.17, 15) is 9.18 Å². The SMILES string of the molecule is Cc1cccc(C(C)C)c1NC(=O)C[NH+]1CCN(c2ccccc2F)CC1. The van der Waals surface area contributed by atoms with Crippen molar-refractivity contribution in [2.45, 2.75) is 26.7 Å². The van der Waals surface area contributed by atoms with Crippen molar-refractivity contribution in [3.63, 3.8) is 0 Å². The number of aryl methyl sites for hydroxylation is 1. The summed E-state index contributed by atoms with van der Waals surface area (Å²) in [6.45, 7) is 9.91. The number of carbonyl (C=O) groups excluding carboxylic acids is 1. The first-order valence-electron chi connectivity index (χ1n) is 9.68. The Hall–Kier alpha value is -2.40. The lowest BCUT2D eigenvalue weighted by Crippen LogP contribution is -3.15. The van der Waals surface area contributed by atoms with Crippen LogP contribution in [0.2, 0.25) is 0 Å². The van der Waals surface area contributed by atoms with Crippen molar-refractivity contribution in [1.82, 2.24) is 0 Å². The highest BCUT2D eigenvalue weighted by Gasteiger charge is 2.24. The van der Waals surface area contributed by atoms with Gasteiger partial charge in [0.05, 0.1) is 31.9 Å². The molecule has 2 aromatic rings. The standard InChI is InChI=1S/C22H28FN3O/c1-16(2)18-8-6-7-17(3)22(18)24-21(27)15-25-11-13-26(14-12-25)20-10-5-4-9-19(20)23/h4-10,16H,11-15H2,1-3H3,(H,24,27)/p+1. The zero-order valence-corrected chi connectivity index (χ0v) is 16.4. The second-order valence-electron chi connectivity index (χ2n) is 7.61. The Bertz CT molecular complexity index is 798. The molecular weight excluding hydrogens is 341 g/mol. The molecule has 27 heavy (non-hydrogen) atoms. The molecule has 0 aliphatic carbocycles. The maximum Gasteiger partial charge on any atom is 0.279 e. The second-order valence-corrected chi connectivity index (χ2v) is 7.61. The monoisotopic (exact) mass is 370 g/mol. The normalized spacial score (nSPS) is 15.2. The number of piperazine rings is 1. The molecule has 0 aromatic heterocycles. The Kier molecular flexibility index (Phi) is 6.11. The molecule has 5 heteroatoms. The van der Waals surface area contributed by atoms with Gasteiger partial charge >= 0.3 is 0 Å². The third-order valence-electron chi connectivity index (χ3n) is 5.27. The fraction of sp³-hybridized carbons (Fsp3) is 0.409. The number of hydrogen-bond donors (Lipinski definition) is 2. The van der Waals surface area contributed by atoms with Crippen LogP contribution >= 0.6 is 0 Å². The van der Waals surface area contributed by atoms with Crippen LogP contribution in [0.15, 0.2) is 42.5 Å². The maximum atomic E-state index is 14.0. The number of anilines is 2. The number of rotatable bonds is 5. The summed E-state index contributed by atoms with van der Waals surface area (Å²) in [6.07, 6.45) is 0. The Balaban J connectivity index is 1.57. The van der Waals surface area contributed by atoms with Gasteiger partial charge in [0, 0.05) is 5.69 Å². The summed E-state index contributed by atoms with van der Waals surface area (Å²) in [7, 11) is 0. The number of amides is 1. The van der Waals surface area contributed by atoms with Gasteiger partial charge in [-0.2, -0.15) is 0 Å². The van der Waals surface area contributed by atoms with Crippen molar-refractivity contribution in [2.24, 2.45) is 0 Å². The van der Waals surface area contributed by atoms with Gasteiger partial charge in [-0.05, 0) is 36.1 Å². The smallest absolute Gasteiger partial charge is 0.279 e. The van der Waals surface area contributed by atoms with E-state index in [1.54, 1.807) is 6.07 Å². The van der Waals surface area contributed by atoms with Crippen molar-refractivity contribution < 1.29 is 14.1 Å². The summed E-state index contributed by atoms with van der Waals surface area (Å²) in [6, 6.07) is 13.0. The van der Waals surface area contributed by atoms with Gasteiger partial charge in [0.15, 0.2) is 6.54 Å². The summed E-state index contributed by atoms with van der Waals surface area (Å²) >= 11 is 0. The third-order valence-corrected chi connectivity index (χ3v) is 5.27.